The lowest BCUT2D eigenvalue weighted by atomic mass is 10.1. The smallest absolute Gasteiger partial charge is 0.326 e. The molecule has 0 saturated carbocycles. The molecule has 4 nitrogen and oxygen atoms in total. The summed E-state index contributed by atoms with van der Waals surface area (Å²) in [7, 11) is 0. The Bertz CT molecular complexity index is 305. The summed E-state index contributed by atoms with van der Waals surface area (Å²) < 4.78 is 0. The van der Waals surface area contributed by atoms with E-state index >= 15 is 0 Å². The standard InChI is InChI=1S/C18H35NO3/c1-4-6-8-9-10-11-13-15-19(16(3)18(21)22)17(20)14-12-7-5-2/h16H,4-15H2,1-3H3,(H,21,22)/t16-/m0/s1. The Morgan fingerprint density at radius 3 is 1.91 bits per heavy atom. The summed E-state index contributed by atoms with van der Waals surface area (Å²) in [5.41, 5.74) is 0. The topological polar surface area (TPSA) is 57.6 Å². The fourth-order valence-electron chi connectivity index (χ4n) is 2.58. The van der Waals surface area contributed by atoms with Crippen LogP contribution in [0.1, 0.15) is 91.4 Å². The van der Waals surface area contributed by atoms with Gasteiger partial charge in [-0.2, -0.15) is 0 Å². The first-order valence-electron chi connectivity index (χ1n) is 9.06. The maximum absolute atomic E-state index is 12.2. The first-order chi connectivity index (χ1) is 10.5. The lowest BCUT2D eigenvalue weighted by molar-refractivity contribution is -0.149. The Labute approximate surface area is 136 Å². The number of nitrogens with zero attached hydrogens (tertiary/aromatic N) is 1. The highest BCUT2D eigenvalue weighted by Crippen LogP contribution is 2.12. The van der Waals surface area contributed by atoms with Crippen LogP contribution in [-0.2, 0) is 9.59 Å². The molecule has 0 aromatic rings. The van der Waals surface area contributed by atoms with Crippen LogP contribution in [-0.4, -0.2) is 34.5 Å². The van der Waals surface area contributed by atoms with Crippen LogP contribution in [0, 0.1) is 0 Å². The van der Waals surface area contributed by atoms with Gasteiger partial charge in [0.2, 0.25) is 5.91 Å². The molecule has 0 fully saturated rings. The van der Waals surface area contributed by atoms with Gasteiger partial charge in [-0.25, -0.2) is 4.79 Å². The Kier molecular flexibility index (Phi) is 12.9. The maximum atomic E-state index is 12.2. The summed E-state index contributed by atoms with van der Waals surface area (Å²) in [6.07, 6.45) is 11.6. The zero-order chi connectivity index (χ0) is 16.8. The van der Waals surface area contributed by atoms with Crippen LogP contribution in [0.2, 0.25) is 0 Å². The molecule has 0 aromatic carbocycles. The number of hydrogen-bond acceptors (Lipinski definition) is 2. The highest BCUT2D eigenvalue weighted by atomic mass is 16.4. The lowest BCUT2D eigenvalue weighted by Crippen LogP contribution is -2.43. The second-order valence-corrected chi connectivity index (χ2v) is 6.18. The van der Waals surface area contributed by atoms with E-state index in [0.717, 1.165) is 32.1 Å². The lowest BCUT2D eigenvalue weighted by Gasteiger charge is -2.26. The van der Waals surface area contributed by atoms with E-state index in [1.807, 2.05) is 0 Å². The van der Waals surface area contributed by atoms with E-state index < -0.39 is 12.0 Å². The summed E-state index contributed by atoms with van der Waals surface area (Å²) in [5, 5.41) is 9.18. The highest BCUT2D eigenvalue weighted by Gasteiger charge is 2.24. The Hall–Kier alpha value is -1.06. The summed E-state index contributed by atoms with van der Waals surface area (Å²) in [5.74, 6) is -0.916. The van der Waals surface area contributed by atoms with Crippen molar-refractivity contribution in [3.63, 3.8) is 0 Å². The van der Waals surface area contributed by atoms with Crippen molar-refractivity contribution in [1.29, 1.82) is 0 Å². The number of carbonyl (C=O) groups is 2. The third-order valence-corrected chi connectivity index (χ3v) is 4.14. The second kappa shape index (κ2) is 13.6. The average molecular weight is 313 g/mol. The molecule has 0 spiro atoms. The van der Waals surface area contributed by atoms with Crippen molar-refractivity contribution in [2.24, 2.45) is 0 Å². The Morgan fingerprint density at radius 2 is 1.36 bits per heavy atom. The van der Waals surface area contributed by atoms with Crippen molar-refractivity contribution >= 4 is 11.9 Å². The van der Waals surface area contributed by atoms with E-state index in [1.54, 1.807) is 11.8 Å². The van der Waals surface area contributed by atoms with Crippen LogP contribution in [0.15, 0.2) is 0 Å². The Morgan fingerprint density at radius 1 is 0.864 bits per heavy atom. The quantitative estimate of drug-likeness (QED) is 0.476. The van der Waals surface area contributed by atoms with Crippen molar-refractivity contribution in [3.8, 4) is 0 Å². The number of amides is 1. The van der Waals surface area contributed by atoms with Crippen molar-refractivity contribution in [3.05, 3.63) is 0 Å². The summed E-state index contributed by atoms with van der Waals surface area (Å²) in [6, 6.07) is -0.714. The molecule has 0 unspecified atom stereocenters. The van der Waals surface area contributed by atoms with Gasteiger partial charge in [0.15, 0.2) is 0 Å². The minimum atomic E-state index is -0.910. The fourth-order valence-corrected chi connectivity index (χ4v) is 2.58. The number of carbonyl (C=O) groups excluding carboxylic acids is 1. The van der Waals surface area contributed by atoms with Gasteiger partial charge in [0.05, 0.1) is 0 Å². The molecule has 0 heterocycles. The van der Waals surface area contributed by atoms with Gasteiger partial charge >= 0.3 is 5.97 Å². The number of rotatable bonds is 14. The second-order valence-electron chi connectivity index (χ2n) is 6.18. The molecular formula is C18H35NO3. The molecule has 0 aliphatic heterocycles. The predicted molar refractivity (Wildman–Crippen MR) is 90.9 cm³/mol. The van der Waals surface area contributed by atoms with Gasteiger partial charge < -0.3 is 10.0 Å². The molecule has 0 aromatic heterocycles. The first kappa shape index (κ1) is 20.9. The SMILES string of the molecule is CCCCCCCCCN(C(=O)CCCCC)[C@@H](C)C(=O)O. The van der Waals surface area contributed by atoms with Crippen LogP contribution >= 0.6 is 0 Å². The maximum Gasteiger partial charge on any atom is 0.326 e. The van der Waals surface area contributed by atoms with Crippen molar-refractivity contribution in [2.75, 3.05) is 6.54 Å². The van der Waals surface area contributed by atoms with Gasteiger partial charge in [0.25, 0.3) is 0 Å². The molecule has 4 heteroatoms. The molecule has 1 atom stereocenters. The third kappa shape index (κ3) is 9.80. The van der Waals surface area contributed by atoms with Gasteiger partial charge in [-0.3, -0.25) is 4.79 Å². The predicted octanol–water partition coefficient (Wildman–Crippen LogP) is 4.62. The summed E-state index contributed by atoms with van der Waals surface area (Å²) >= 11 is 0. The van der Waals surface area contributed by atoms with Crippen molar-refractivity contribution in [2.45, 2.75) is 97.4 Å². The largest absolute Gasteiger partial charge is 0.480 e. The minimum absolute atomic E-state index is 0.00525. The summed E-state index contributed by atoms with van der Waals surface area (Å²) in [4.78, 5) is 25.0. The molecule has 0 rings (SSSR count). The van der Waals surface area contributed by atoms with E-state index in [4.69, 9.17) is 0 Å². The molecule has 22 heavy (non-hydrogen) atoms. The van der Waals surface area contributed by atoms with Gasteiger partial charge in [-0.1, -0.05) is 65.2 Å². The van der Waals surface area contributed by atoms with E-state index in [9.17, 15) is 14.7 Å². The monoisotopic (exact) mass is 313 g/mol. The van der Waals surface area contributed by atoms with Gasteiger partial charge in [0, 0.05) is 13.0 Å². The van der Waals surface area contributed by atoms with E-state index in [1.165, 1.54) is 32.1 Å². The van der Waals surface area contributed by atoms with E-state index in [-0.39, 0.29) is 5.91 Å². The number of carboxylic acid groups (broad SMARTS) is 1. The van der Waals surface area contributed by atoms with Crippen molar-refractivity contribution < 1.29 is 14.7 Å². The molecular weight excluding hydrogens is 278 g/mol. The number of hydrogen-bond donors (Lipinski definition) is 1. The average Bonchev–Trinajstić information content (AvgIpc) is 2.49. The van der Waals surface area contributed by atoms with Crippen LogP contribution < -0.4 is 0 Å². The molecule has 0 aliphatic rings. The van der Waals surface area contributed by atoms with Crippen LogP contribution in [0.25, 0.3) is 0 Å². The zero-order valence-corrected chi connectivity index (χ0v) is 14.8. The molecule has 1 amide bonds. The normalized spacial score (nSPS) is 12.1. The Balaban J connectivity index is 4.13. The first-order valence-corrected chi connectivity index (χ1v) is 9.06. The number of carboxylic acids is 1. The molecule has 0 saturated heterocycles. The van der Waals surface area contributed by atoms with E-state index in [2.05, 4.69) is 13.8 Å². The van der Waals surface area contributed by atoms with Crippen LogP contribution in [0.4, 0.5) is 0 Å². The van der Waals surface area contributed by atoms with Gasteiger partial charge in [-0.15, -0.1) is 0 Å². The van der Waals surface area contributed by atoms with Gasteiger partial charge in [-0.05, 0) is 19.8 Å². The molecule has 1 N–H and O–H groups in total. The molecule has 0 bridgehead atoms. The third-order valence-electron chi connectivity index (χ3n) is 4.14. The highest BCUT2D eigenvalue weighted by molar-refractivity contribution is 5.83. The zero-order valence-electron chi connectivity index (χ0n) is 14.8. The minimum Gasteiger partial charge on any atom is -0.480 e. The van der Waals surface area contributed by atoms with Crippen LogP contribution in [0.5, 0.6) is 0 Å². The van der Waals surface area contributed by atoms with E-state index in [0.29, 0.717) is 13.0 Å². The number of aliphatic carboxylic acids is 1. The van der Waals surface area contributed by atoms with Gasteiger partial charge in [0.1, 0.15) is 6.04 Å². The van der Waals surface area contributed by atoms with Crippen molar-refractivity contribution in [1.82, 2.24) is 4.90 Å². The molecule has 130 valence electrons. The molecule has 0 radical (unpaired) electrons. The number of unbranched alkanes of at least 4 members (excludes halogenated alkanes) is 8. The fraction of sp³-hybridized carbons (Fsp3) is 0.889. The summed E-state index contributed by atoms with van der Waals surface area (Å²) in [6.45, 7) is 6.49. The molecule has 0 aliphatic carbocycles. The van der Waals surface area contributed by atoms with Crippen LogP contribution in [0.3, 0.4) is 0 Å².